The fourth-order valence-corrected chi connectivity index (χ4v) is 17.4. The fraction of sp³-hybridized carbons (Fsp3) is 0.167. The molecule has 2 aliphatic heterocycles. The third-order valence-electron chi connectivity index (χ3n) is 19.0. The predicted octanol–water partition coefficient (Wildman–Crippen LogP) is 21.7. The summed E-state index contributed by atoms with van der Waals surface area (Å²) in [5.41, 5.74) is 16.5. The Morgan fingerprint density at radius 1 is 0.376 bits per heavy atom. The van der Waals surface area contributed by atoms with Crippen LogP contribution in [0.3, 0.4) is 0 Å². The van der Waals surface area contributed by atoms with Gasteiger partial charge in [0.1, 0.15) is 55.9 Å². The number of pyridine rings is 4. The maximum atomic E-state index is 12.8. The second kappa shape index (κ2) is 42.6. The lowest BCUT2D eigenvalue weighted by Gasteiger charge is -2.26. The molecule has 16 nitrogen and oxygen atoms in total. The van der Waals surface area contributed by atoms with Crippen molar-refractivity contribution in [1.29, 1.82) is 21.0 Å². The maximum Gasteiger partial charge on any atom is 0.259 e. The van der Waals surface area contributed by atoms with Gasteiger partial charge >= 0.3 is 0 Å². The van der Waals surface area contributed by atoms with E-state index in [1.165, 1.54) is 67.4 Å². The number of carbonyl (C=O) groups excluding carboxylic acids is 4. The van der Waals surface area contributed by atoms with Crippen LogP contribution < -0.4 is 0 Å². The number of hydrogen-bond donors (Lipinski definition) is 0. The lowest BCUT2D eigenvalue weighted by molar-refractivity contribution is -0.428. The molecule has 117 heavy (non-hydrogen) atoms. The number of rotatable bonds is 23. The van der Waals surface area contributed by atoms with Gasteiger partial charge in [-0.3, -0.25) is 19.2 Å². The minimum absolute atomic E-state index is 0.0391. The predicted molar refractivity (Wildman–Crippen MR) is 471 cm³/mol. The Balaban J connectivity index is 0.000000144. The summed E-state index contributed by atoms with van der Waals surface area (Å²) >= 11 is 6.88. The van der Waals surface area contributed by atoms with E-state index in [0.717, 1.165) is 145 Å². The summed E-state index contributed by atoms with van der Waals surface area (Å²) < 4.78 is 0.766. The maximum absolute atomic E-state index is 12.8. The van der Waals surface area contributed by atoms with Crippen LogP contribution in [0.5, 0.6) is 0 Å². The van der Waals surface area contributed by atoms with Crippen LogP contribution in [0.1, 0.15) is 66.8 Å². The molecule has 7 heterocycles. The Labute approximate surface area is 703 Å². The van der Waals surface area contributed by atoms with E-state index in [1.54, 1.807) is 29.5 Å². The van der Waals surface area contributed by atoms with E-state index in [-0.39, 0.29) is 35.6 Å². The van der Waals surface area contributed by atoms with Gasteiger partial charge in [-0.15, -0.1) is 11.3 Å². The van der Waals surface area contributed by atoms with Gasteiger partial charge in [0, 0.05) is 92.8 Å². The first kappa shape index (κ1) is 83.7. The van der Waals surface area contributed by atoms with Gasteiger partial charge in [-0.2, -0.15) is 21.0 Å². The minimum Gasteiger partial charge on any atom is -0.342 e. The number of ketones is 2. The van der Waals surface area contributed by atoms with Crippen molar-refractivity contribution in [3.05, 3.63) is 311 Å². The second-order valence-corrected chi connectivity index (χ2v) is 32.0. The Hall–Kier alpha value is -12.7. The fourth-order valence-electron chi connectivity index (χ4n) is 13.2. The first-order chi connectivity index (χ1) is 57.3. The number of Topliss-reactive ketones (excluding diaryl/α,β-unsaturated/α-hetero) is 2. The van der Waals surface area contributed by atoms with E-state index in [9.17, 15) is 45.1 Å². The number of carbonyl (C=O) groups is 4. The lowest BCUT2D eigenvalue weighted by atomic mass is 9.99. The highest BCUT2D eigenvalue weighted by Crippen LogP contribution is 2.40. The first-order valence-electron chi connectivity index (χ1n) is 38.1. The molecule has 0 aliphatic carbocycles. The quantitative estimate of drug-likeness (QED) is 0.0427. The normalized spacial score (nSPS) is 11.9. The summed E-state index contributed by atoms with van der Waals surface area (Å²) in [5, 5.41) is 43.8. The molecule has 2 aliphatic rings. The van der Waals surface area contributed by atoms with E-state index in [4.69, 9.17) is 15.0 Å². The van der Waals surface area contributed by atoms with E-state index in [2.05, 4.69) is 29.3 Å². The van der Waals surface area contributed by atoms with E-state index >= 15 is 0 Å². The number of benzene rings is 8. The van der Waals surface area contributed by atoms with Crippen LogP contribution in [-0.2, 0) is 25.6 Å². The topological polar surface area (TPSA) is 242 Å². The molecule has 0 N–H and O–H groups in total. The van der Waals surface area contributed by atoms with Crippen molar-refractivity contribution in [2.24, 2.45) is 0 Å². The number of hydrogen-bond acceptors (Lipinski definition) is 18. The first-order valence-corrected chi connectivity index (χ1v) is 42.9. The van der Waals surface area contributed by atoms with Crippen molar-refractivity contribution in [3.63, 3.8) is 0 Å². The molecule has 0 atom stereocenters. The summed E-state index contributed by atoms with van der Waals surface area (Å²) in [6, 6.07) is 97.1. The van der Waals surface area contributed by atoms with E-state index < -0.39 is 0 Å². The number of thioether (sulfide) groups is 4. The van der Waals surface area contributed by atoms with Gasteiger partial charge in [-0.05, 0) is 97.0 Å². The molecule has 578 valence electrons. The average molecular weight is 1630 g/mol. The zero-order valence-corrected chi connectivity index (χ0v) is 68.5. The van der Waals surface area contributed by atoms with Crippen LogP contribution in [-0.4, -0.2) is 114 Å². The monoisotopic (exact) mass is 1630 g/mol. The highest BCUT2D eigenvalue weighted by atomic mass is 32.2. The summed E-state index contributed by atoms with van der Waals surface area (Å²) in [6.45, 7) is 4.86. The smallest absolute Gasteiger partial charge is 0.259 e. The van der Waals surface area contributed by atoms with Gasteiger partial charge in [-0.25, -0.2) is 19.9 Å². The summed E-state index contributed by atoms with van der Waals surface area (Å²) in [6.07, 6.45) is 5.61. The molecule has 2 fully saturated rings. The number of piperidine rings is 1. The molecule has 15 rings (SSSR count). The third-order valence-corrected chi connectivity index (χ3v) is 24.0. The van der Waals surface area contributed by atoms with Crippen LogP contribution in [0.4, 0.5) is 5.69 Å². The molecule has 0 spiro atoms. The summed E-state index contributed by atoms with van der Waals surface area (Å²) in [4.78, 5) is 84.9. The van der Waals surface area contributed by atoms with Gasteiger partial charge in [-0.1, -0.05) is 284 Å². The number of nitrogens with zero attached hydrogens (tertiary/aromatic N) is 11. The molecule has 0 saturated carbocycles. The number of nitroso groups, excluding NO2 is 1. The number of thiophene rings is 1. The summed E-state index contributed by atoms with van der Waals surface area (Å²) in [5.74, 6) is 1.31. The zero-order chi connectivity index (χ0) is 81.7. The number of likely N-dealkylation sites (tertiary alicyclic amines) is 2. The molecule has 0 radical (unpaired) electrons. The average Bonchev–Trinajstić information content (AvgIpc) is 1.03. The van der Waals surface area contributed by atoms with Crippen LogP contribution in [0.15, 0.2) is 298 Å². The van der Waals surface area contributed by atoms with Crippen molar-refractivity contribution in [3.8, 4) is 113 Å². The molecule has 0 unspecified atom stereocenters. The largest absolute Gasteiger partial charge is 0.342 e. The van der Waals surface area contributed by atoms with Gasteiger partial charge in [0.05, 0.1) is 72.9 Å². The lowest BCUT2D eigenvalue weighted by Crippen LogP contribution is -2.36. The molecule has 8 aromatic carbocycles. The van der Waals surface area contributed by atoms with Gasteiger partial charge in [0.15, 0.2) is 7.05 Å². The number of para-hydroxylation sites is 1. The number of amides is 2. The standard InChI is InChI=1S/C26H20N3O2S2.C25H23N3OS.C24H21N3OS.C21H16N2OS/c1-29(31)24-11-6-5-10-19(24)14-20(30)17-33-26-22(16-27)21(18-8-3-2-4-9-18)15-23(28-26)25-12-7-13-32-25;26-17-22-21(19-10-4-1-5-11-19)16-23(20-12-6-2-7-13-20)27-25(22)30-18-24(29)28-14-8-3-9-15-28;25-16-21-20(18-9-3-1-4-10-18)15-22(19-11-5-2-6-12-19)26-24(21)29-17-23(28)27-13-7-8-14-27;1-15(24)14-25-21-19(13-22)18(16-8-4-2-5-9-16)12-20(23-21)17-10-6-3-7-11-17/h2-13,15H,14,17H2,1H3;1-2,4-7,10-13,16H,3,8-9,14-15,18H2;1-6,9-12,15H,7-8,13-14,17H2;2-12H,14H2,1H3/q+1;;;. The van der Waals surface area contributed by atoms with Crippen molar-refractivity contribution in [1.82, 2.24) is 29.7 Å². The third kappa shape index (κ3) is 22.7. The summed E-state index contributed by atoms with van der Waals surface area (Å²) in [7, 11) is 1.42. The zero-order valence-electron chi connectivity index (χ0n) is 64.5. The number of nitriles is 4. The minimum atomic E-state index is -0.0391. The molecule has 5 aromatic heterocycles. The van der Waals surface area contributed by atoms with Crippen molar-refractivity contribution in [2.75, 3.05) is 56.2 Å². The van der Waals surface area contributed by atoms with Gasteiger partial charge < -0.3 is 9.80 Å². The van der Waals surface area contributed by atoms with E-state index in [0.29, 0.717) is 70.9 Å². The van der Waals surface area contributed by atoms with Crippen molar-refractivity contribution < 1.29 is 23.9 Å². The van der Waals surface area contributed by atoms with Crippen molar-refractivity contribution >= 4 is 87.5 Å². The van der Waals surface area contributed by atoms with Crippen LogP contribution in [0, 0.1) is 50.2 Å². The number of aromatic nitrogens is 4. The molecular weight excluding hydrogens is 1550 g/mol. The van der Waals surface area contributed by atoms with E-state index in [1.807, 2.05) is 270 Å². The molecule has 2 amide bonds. The van der Waals surface area contributed by atoms with Crippen LogP contribution in [0.2, 0.25) is 0 Å². The van der Waals surface area contributed by atoms with Crippen LogP contribution in [0.25, 0.3) is 88.9 Å². The van der Waals surface area contributed by atoms with Crippen LogP contribution >= 0.6 is 58.4 Å². The molecular formula is C96H80N11O5S5+. The Morgan fingerprint density at radius 2 is 0.675 bits per heavy atom. The highest BCUT2D eigenvalue weighted by Gasteiger charge is 2.26. The molecule has 21 heteroatoms. The SMILES string of the molecule is CC(=O)CSc1nc(-c2ccccc2)cc(-c2ccccc2)c1C#N.C[N+](=O)c1ccccc1CC(=O)CSc1nc(-c2cccs2)cc(-c2ccccc2)c1C#N.N#Cc1c(-c2ccccc2)cc(-c2ccccc2)nc1SCC(=O)N1CCCC1.N#Cc1c(-c2ccccc2)cc(-c2ccccc2)nc1SCC(=O)N1CCCCC1. The Morgan fingerprint density at radius 3 is 1.00 bits per heavy atom. The van der Waals surface area contributed by atoms with Gasteiger partial charge in [0.25, 0.3) is 5.69 Å². The van der Waals surface area contributed by atoms with Crippen molar-refractivity contribution in [2.45, 2.75) is 65.6 Å². The molecule has 0 bridgehead atoms. The molecule has 2 saturated heterocycles. The Bertz CT molecular complexity index is 5800. The van der Waals surface area contributed by atoms with Gasteiger partial charge in [0.2, 0.25) is 11.8 Å². The molecule has 13 aromatic rings. The highest BCUT2D eigenvalue weighted by molar-refractivity contribution is 8.00. The Kier molecular flexibility index (Phi) is 30.5. The second-order valence-electron chi connectivity index (χ2n) is 27.2.